The molecule has 0 spiro atoms. The predicted octanol–water partition coefficient (Wildman–Crippen LogP) is 1.95. The Morgan fingerprint density at radius 2 is 1.90 bits per heavy atom. The Morgan fingerprint density at radius 1 is 1.20 bits per heavy atom. The Bertz CT molecular complexity index is 508. The van der Waals surface area contributed by atoms with E-state index in [1.165, 1.54) is 7.11 Å². The number of anilines is 1. The first kappa shape index (κ1) is 14.4. The minimum Gasteiger partial charge on any atom is -0.495 e. The van der Waals surface area contributed by atoms with Crippen molar-refractivity contribution in [3.05, 3.63) is 23.8 Å². The number of nitrogens with zero attached hydrogens (tertiary/aromatic N) is 1. The topological polar surface area (TPSA) is 58.6 Å². The van der Waals surface area contributed by atoms with Crippen LogP contribution in [0.25, 0.3) is 0 Å². The first-order valence-electron chi connectivity index (χ1n) is 6.86. The van der Waals surface area contributed by atoms with Gasteiger partial charge < -0.3 is 15.0 Å². The number of nitrogens with one attached hydrogen (secondary N) is 1. The van der Waals surface area contributed by atoms with Gasteiger partial charge in [0.25, 0.3) is 0 Å². The lowest BCUT2D eigenvalue weighted by atomic mass is 10.1. The molecular formula is C15H20N2O3. The van der Waals surface area contributed by atoms with Gasteiger partial charge in [-0.05, 0) is 43.9 Å². The molecule has 1 aliphatic rings. The van der Waals surface area contributed by atoms with Crippen molar-refractivity contribution in [2.24, 2.45) is 0 Å². The molecule has 2 rings (SSSR count). The minimum atomic E-state index is -0.601. The molecule has 1 N–H and O–H groups in total. The Kier molecular flexibility index (Phi) is 4.61. The number of hydrogen-bond acceptors (Lipinski definition) is 3. The van der Waals surface area contributed by atoms with Gasteiger partial charge in [0, 0.05) is 13.1 Å². The summed E-state index contributed by atoms with van der Waals surface area (Å²) in [6, 6.07) is 5.46. The van der Waals surface area contributed by atoms with E-state index in [2.05, 4.69) is 5.32 Å². The number of methoxy groups -OCH3 is 1. The molecule has 108 valence electrons. The van der Waals surface area contributed by atoms with Gasteiger partial charge in [-0.1, -0.05) is 6.07 Å². The molecule has 0 aromatic heterocycles. The first-order chi connectivity index (χ1) is 9.61. The Balaban J connectivity index is 2.07. The number of aryl methyl sites for hydroxylation is 1. The van der Waals surface area contributed by atoms with E-state index in [0.717, 1.165) is 24.8 Å². The van der Waals surface area contributed by atoms with Gasteiger partial charge in [0.15, 0.2) is 0 Å². The van der Waals surface area contributed by atoms with Crippen LogP contribution in [0.15, 0.2) is 18.2 Å². The molecule has 5 heteroatoms. The van der Waals surface area contributed by atoms with Crippen LogP contribution in [0.2, 0.25) is 0 Å². The third kappa shape index (κ3) is 3.29. The van der Waals surface area contributed by atoms with Crippen molar-refractivity contribution in [1.82, 2.24) is 4.90 Å². The van der Waals surface area contributed by atoms with E-state index >= 15 is 0 Å². The SMILES string of the molecule is COc1ccc(C)cc1NC(=O)C(=O)N1CCCCC1. The van der Waals surface area contributed by atoms with Crippen LogP contribution in [0, 0.1) is 6.92 Å². The van der Waals surface area contributed by atoms with E-state index in [4.69, 9.17) is 4.74 Å². The summed E-state index contributed by atoms with van der Waals surface area (Å²) in [6.45, 7) is 3.25. The molecule has 0 bridgehead atoms. The van der Waals surface area contributed by atoms with E-state index in [1.54, 1.807) is 17.0 Å². The molecular weight excluding hydrogens is 256 g/mol. The van der Waals surface area contributed by atoms with Crippen molar-refractivity contribution in [2.45, 2.75) is 26.2 Å². The van der Waals surface area contributed by atoms with Crippen molar-refractivity contribution in [1.29, 1.82) is 0 Å². The maximum absolute atomic E-state index is 12.1. The Hall–Kier alpha value is -2.04. The van der Waals surface area contributed by atoms with Gasteiger partial charge in [0.1, 0.15) is 5.75 Å². The van der Waals surface area contributed by atoms with Gasteiger partial charge >= 0.3 is 11.8 Å². The molecule has 0 unspecified atom stereocenters. The monoisotopic (exact) mass is 276 g/mol. The summed E-state index contributed by atoms with van der Waals surface area (Å²) in [4.78, 5) is 25.7. The van der Waals surface area contributed by atoms with Gasteiger partial charge in [-0.25, -0.2) is 0 Å². The van der Waals surface area contributed by atoms with Gasteiger partial charge in [-0.3, -0.25) is 9.59 Å². The first-order valence-corrected chi connectivity index (χ1v) is 6.86. The van der Waals surface area contributed by atoms with Crippen LogP contribution in [0.1, 0.15) is 24.8 Å². The molecule has 0 atom stereocenters. The molecule has 20 heavy (non-hydrogen) atoms. The predicted molar refractivity (Wildman–Crippen MR) is 76.8 cm³/mol. The second kappa shape index (κ2) is 6.41. The molecule has 5 nitrogen and oxygen atoms in total. The normalized spacial score (nSPS) is 14.8. The summed E-state index contributed by atoms with van der Waals surface area (Å²) in [6.07, 6.45) is 3.05. The fraction of sp³-hybridized carbons (Fsp3) is 0.467. The summed E-state index contributed by atoms with van der Waals surface area (Å²) in [5.74, 6) is -0.514. The summed E-state index contributed by atoms with van der Waals surface area (Å²) in [5.41, 5.74) is 1.52. The number of ether oxygens (including phenoxy) is 1. The van der Waals surface area contributed by atoms with Crippen molar-refractivity contribution in [3.63, 3.8) is 0 Å². The van der Waals surface area contributed by atoms with E-state index in [1.807, 2.05) is 13.0 Å². The van der Waals surface area contributed by atoms with E-state index in [-0.39, 0.29) is 0 Å². The van der Waals surface area contributed by atoms with Gasteiger partial charge in [0.2, 0.25) is 0 Å². The number of carbonyl (C=O) groups excluding carboxylic acids is 2. The summed E-state index contributed by atoms with van der Waals surface area (Å²) < 4.78 is 5.19. The number of amides is 2. The van der Waals surface area contributed by atoms with Crippen molar-refractivity contribution in [3.8, 4) is 5.75 Å². The van der Waals surface area contributed by atoms with Crippen molar-refractivity contribution >= 4 is 17.5 Å². The summed E-state index contributed by atoms with van der Waals surface area (Å²) >= 11 is 0. The van der Waals surface area contributed by atoms with E-state index < -0.39 is 11.8 Å². The molecule has 1 saturated heterocycles. The number of benzene rings is 1. The standard InChI is InChI=1S/C15H20N2O3/c1-11-6-7-13(20-2)12(10-11)16-14(18)15(19)17-8-4-3-5-9-17/h6-7,10H,3-5,8-9H2,1-2H3,(H,16,18). The third-order valence-corrected chi connectivity index (χ3v) is 3.44. The van der Waals surface area contributed by atoms with Crippen LogP contribution >= 0.6 is 0 Å². The van der Waals surface area contributed by atoms with Gasteiger partial charge in [0.05, 0.1) is 12.8 Å². The molecule has 0 radical (unpaired) electrons. The van der Waals surface area contributed by atoms with Crippen LogP contribution in [0.4, 0.5) is 5.69 Å². The highest BCUT2D eigenvalue weighted by Gasteiger charge is 2.24. The van der Waals surface area contributed by atoms with Crippen LogP contribution in [-0.2, 0) is 9.59 Å². The van der Waals surface area contributed by atoms with E-state index in [9.17, 15) is 9.59 Å². The van der Waals surface area contributed by atoms with E-state index in [0.29, 0.717) is 24.5 Å². The maximum Gasteiger partial charge on any atom is 0.314 e. The number of carbonyl (C=O) groups is 2. The molecule has 1 aliphatic heterocycles. The molecule has 0 aliphatic carbocycles. The largest absolute Gasteiger partial charge is 0.495 e. The van der Waals surface area contributed by atoms with Crippen LogP contribution in [0.3, 0.4) is 0 Å². The Labute approximate surface area is 118 Å². The van der Waals surface area contributed by atoms with Crippen molar-refractivity contribution in [2.75, 3.05) is 25.5 Å². The maximum atomic E-state index is 12.1. The number of piperidine rings is 1. The lowest BCUT2D eigenvalue weighted by Gasteiger charge is -2.26. The molecule has 1 fully saturated rings. The van der Waals surface area contributed by atoms with Crippen molar-refractivity contribution < 1.29 is 14.3 Å². The van der Waals surface area contributed by atoms with Gasteiger partial charge in [-0.15, -0.1) is 0 Å². The quantitative estimate of drug-likeness (QED) is 0.840. The zero-order valence-corrected chi connectivity index (χ0v) is 11.9. The lowest BCUT2D eigenvalue weighted by Crippen LogP contribution is -2.42. The smallest absolute Gasteiger partial charge is 0.314 e. The zero-order valence-electron chi connectivity index (χ0n) is 11.9. The van der Waals surface area contributed by atoms with Crippen LogP contribution in [0.5, 0.6) is 5.75 Å². The fourth-order valence-electron chi connectivity index (χ4n) is 2.34. The zero-order chi connectivity index (χ0) is 14.5. The molecule has 1 aromatic carbocycles. The summed E-state index contributed by atoms with van der Waals surface area (Å²) in [5, 5.41) is 2.64. The second-order valence-corrected chi connectivity index (χ2v) is 5.01. The number of likely N-dealkylation sites (tertiary alicyclic amines) is 1. The molecule has 1 aromatic rings. The average Bonchev–Trinajstić information content (AvgIpc) is 2.47. The highest BCUT2D eigenvalue weighted by atomic mass is 16.5. The number of hydrogen-bond donors (Lipinski definition) is 1. The molecule has 2 amide bonds. The fourth-order valence-corrected chi connectivity index (χ4v) is 2.34. The highest BCUT2D eigenvalue weighted by molar-refractivity contribution is 6.39. The number of rotatable bonds is 2. The summed E-state index contributed by atoms with van der Waals surface area (Å²) in [7, 11) is 1.53. The molecule has 0 saturated carbocycles. The van der Waals surface area contributed by atoms with Gasteiger partial charge in [-0.2, -0.15) is 0 Å². The average molecular weight is 276 g/mol. The second-order valence-electron chi connectivity index (χ2n) is 5.01. The van der Waals surface area contributed by atoms with Crippen LogP contribution in [-0.4, -0.2) is 36.9 Å². The third-order valence-electron chi connectivity index (χ3n) is 3.44. The minimum absolute atomic E-state index is 0.465. The molecule has 1 heterocycles. The highest BCUT2D eigenvalue weighted by Crippen LogP contribution is 2.25. The Morgan fingerprint density at radius 3 is 2.55 bits per heavy atom. The lowest BCUT2D eigenvalue weighted by molar-refractivity contribution is -0.143. The van der Waals surface area contributed by atoms with Crippen LogP contribution < -0.4 is 10.1 Å².